The van der Waals surface area contributed by atoms with Gasteiger partial charge in [0.2, 0.25) is 0 Å². The van der Waals surface area contributed by atoms with Crippen LogP contribution in [0.4, 0.5) is 0 Å². The predicted molar refractivity (Wildman–Crippen MR) is 97.1 cm³/mol. The zero-order valence-corrected chi connectivity index (χ0v) is 15.9. The maximum Gasteiger partial charge on any atom is 0.124 e. The van der Waals surface area contributed by atoms with E-state index in [1.807, 2.05) is 0 Å². The Morgan fingerprint density at radius 3 is 2.20 bits per heavy atom. The molecule has 0 aliphatic rings. The van der Waals surface area contributed by atoms with E-state index in [9.17, 15) is 0 Å². The number of ether oxygens (including phenoxy) is 1. The van der Waals surface area contributed by atoms with Crippen molar-refractivity contribution in [3.63, 3.8) is 0 Å². The van der Waals surface area contributed by atoms with Gasteiger partial charge in [0, 0.05) is 3.57 Å². The van der Waals surface area contributed by atoms with Gasteiger partial charge in [-0.05, 0) is 71.2 Å². The van der Waals surface area contributed by atoms with E-state index in [0.29, 0.717) is 0 Å². The molecule has 2 aromatic carbocycles. The van der Waals surface area contributed by atoms with E-state index < -0.39 is 0 Å². The van der Waals surface area contributed by atoms with Crippen LogP contribution in [0.5, 0.6) is 5.75 Å². The monoisotopic (exact) mass is 444 g/mol. The van der Waals surface area contributed by atoms with Gasteiger partial charge >= 0.3 is 0 Å². The average Bonchev–Trinajstić information content (AvgIpc) is 2.41. The van der Waals surface area contributed by atoms with E-state index >= 15 is 0 Å². The van der Waals surface area contributed by atoms with Gasteiger partial charge in [0.1, 0.15) is 5.75 Å². The van der Waals surface area contributed by atoms with E-state index in [2.05, 4.69) is 89.6 Å². The Hall–Kier alpha value is -0.550. The smallest absolute Gasteiger partial charge is 0.124 e. The molecule has 0 saturated heterocycles. The molecule has 1 atom stereocenters. The van der Waals surface area contributed by atoms with Crippen LogP contribution in [0.3, 0.4) is 0 Å². The molecule has 2 aromatic rings. The molecule has 0 aromatic heterocycles. The van der Waals surface area contributed by atoms with E-state index in [4.69, 9.17) is 4.74 Å². The fourth-order valence-electron chi connectivity index (χ4n) is 2.50. The Kier molecular flexibility index (Phi) is 5.13. The molecule has 20 heavy (non-hydrogen) atoms. The highest BCUT2D eigenvalue weighted by Crippen LogP contribution is 2.37. The molecule has 0 radical (unpaired) electrons. The zero-order chi connectivity index (χ0) is 14.9. The van der Waals surface area contributed by atoms with Crippen LogP contribution in [-0.2, 0) is 0 Å². The van der Waals surface area contributed by atoms with E-state index in [-0.39, 0.29) is 4.83 Å². The molecule has 0 fully saturated rings. The summed E-state index contributed by atoms with van der Waals surface area (Å²) >= 11 is 6.27. The number of hydrogen-bond acceptors (Lipinski definition) is 1. The van der Waals surface area contributed by atoms with Gasteiger partial charge in [0.15, 0.2) is 0 Å². The minimum Gasteiger partial charge on any atom is -0.496 e. The van der Waals surface area contributed by atoms with Gasteiger partial charge < -0.3 is 4.74 Å². The summed E-state index contributed by atoms with van der Waals surface area (Å²) in [5.74, 6) is 0.979. The molecule has 3 heteroatoms. The molecule has 0 spiro atoms. The summed E-state index contributed by atoms with van der Waals surface area (Å²) in [4.78, 5) is 0.206. The van der Waals surface area contributed by atoms with Crippen LogP contribution in [0.15, 0.2) is 30.3 Å². The van der Waals surface area contributed by atoms with E-state index in [1.54, 1.807) is 7.11 Å². The third kappa shape index (κ3) is 3.03. The lowest BCUT2D eigenvalue weighted by atomic mass is 9.99. The quantitative estimate of drug-likeness (QED) is 0.435. The highest BCUT2D eigenvalue weighted by Gasteiger charge is 2.16. The van der Waals surface area contributed by atoms with Crippen LogP contribution in [-0.4, -0.2) is 7.11 Å². The van der Waals surface area contributed by atoms with Crippen molar-refractivity contribution in [2.45, 2.75) is 25.6 Å². The summed E-state index contributed by atoms with van der Waals surface area (Å²) in [5.41, 5.74) is 6.25. The molecule has 0 N–H and O–H groups in total. The first-order valence-corrected chi connectivity index (χ1v) is 8.49. The third-order valence-electron chi connectivity index (χ3n) is 3.47. The lowest BCUT2D eigenvalue weighted by Crippen LogP contribution is -2.00. The number of alkyl halides is 1. The molecule has 2 rings (SSSR count). The fourth-order valence-corrected chi connectivity index (χ4v) is 4.24. The Labute approximate surface area is 143 Å². The molecule has 0 bridgehead atoms. The maximum atomic E-state index is 5.44. The van der Waals surface area contributed by atoms with Gasteiger partial charge in [-0.1, -0.05) is 46.3 Å². The van der Waals surface area contributed by atoms with Crippen molar-refractivity contribution in [2.75, 3.05) is 7.11 Å². The Bertz CT molecular complexity index is 614. The molecule has 1 nitrogen and oxygen atoms in total. The number of halogens is 2. The van der Waals surface area contributed by atoms with Crippen LogP contribution in [0, 0.1) is 24.3 Å². The van der Waals surface area contributed by atoms with Gasteiger partial charge in [-0.15, -0.1) is 0 Å². The van der Waals surface area contributed by atoms with E-state index in [0.717, 1.165) is 5.75 Å². The van der Waals surface area contributed by atoms with Crippen molar-refractivity contribution in [1.29, 1.82) is 0 Å². The van der Waals surface area contributed by atoms with Crippen molar-refractivity contribution >= 4 is 38.5 Å². The molecular formula is C17H18BrIO. The van der Waals surface area contributed by atoms with Gasteiger partial charge in [0.25, 0.3) is 0 Å². The molecule has 0 saturated carbocycles. The molecule has 106 valence electrons. The highest BCUT2D eigenvalue weighted by atomic mass is 127. The standard InChI is InChI=1S/C17H18BrIO/c1-10-6-5-7-14(16(10)19)15(18)13-8-11(2)17(20-4)12(3)9-13/h5-9,15H,1-4H3. The first-order chi connectivity index (χ1) is 9.45. The fraction of sp³-hybridized carbons (Fsp3) is 0.294. The topological polar surface area (TPSA) is 9.23 Å². The molecule has 0 heterocycles. The second-order valence-electron chi connectivity index (χ2n) is 5.03. The van der Waals surface area contributed by atoms with Crippen molar-refractivity contribution in [3.8, 4) is 5.75 Å². The number of benzene rings is 2. The van der Waals surface area contributed by atoms with Crippen molar-refractivity contribution in [1.82, 2.24) is 0 Å². The second kappa shape index (κ2) is 6.48. The second-order valence-corrected chi connectivity index (χ2v) is 7.02. The summed E-state index contributed by atoms with van der Waals surface area (Å²) in [5, 5.41) is 0. The maximum absolute atomic E-state index is 5.44. The highest BCUT2D eigenvalue weighted by molar-refractivity contribution is 14.1. The van der Waals surface area contributed by atoms with Crippen LogP contribution in [0.25, 0.3) is 0 Å². The first kappa shape index (κ1) is 15.8. The summed E-state index contributed by atoms with van der Waals surface area (Å²) in [6.07, 6.45) is 0. The number of rotatable bonds is 3. The Morgan fingerprint density at radius 1 is 1.05 bits per heavy atom. The SMILES string of the molecule is COc1c(C)cc(C(Br)c2cccc(C)c2I)cc1C. The number of methoxy groups -OCH3 is 1. The molecule has 0 amide bonds. The average molecular weight is 445 g/mol. The largest absolute Gasteiger partial charge is 0.496 e. The summed E-state index contributed by atoms with van der Waals surface area (Å²) in [7, 11) is 1.73. The van der Waals surface area contributed by atoms with Crippen LogP contribution in [0.2, 0.25) is 0 Å². The first-order valence-electron chi connectivity index (χ1n) is 6.50. The Morgan fingerprint density at radius 2 is 1.65 bits per heavy atom. The summed E-state index contributed by atoms with van der Waals surface area (Å²) in [6, 6.07) is 10.8. The van der Waals surface area contributed by atoms with Gasteiger partial charge in [-0.2, -0.15) is 0 Å². The van der Waals surface area contributed by atoms with Crippen molar-refractivity contribution in [2.24, 2.45) is 0 Å². The molecule has 0 aliphatic heterocycles. The zero-order valence-electron chi connectivity index (χ0n) is 12.1. The van der Waals surface area contributed by atoms with Crippen LogP contribution < -0.4 is 4.74 Å². The lowest BCUT2D eigenvalue weighted by molar-refractivity contribution is 0.408. The lowest BCUT2D eigenvalue weighted by Gasteiger charge is -2.17. The minimum atomic E-state index is 0.206. The van der Waals surface area contributed by atoms with Crippen LogP contribution in [0.1, 0.15) is 32.6 Å². The molecule has 1 unspecified atom stereocenters. The third-order valence-corrected chi connectivity index (χ3v) is 5.97. The number of aryl methyl sites for hydroxylation is 3. The molecular weight excluding hydrogens is 427 g/mol. The summed E-state index contributed by atoms with van der Waals surface area (Å²) < 4.78 is 6.76. The predicted octanol–water partition coefficient (Wildman–Crippen LogP) is 5.71. The molecule has 0 aliphatic carbocycles. The van der Waals surface area contributed by atoms with Gasteiger partial charge in [0.05, 0.1) is 11.9 Å². The normalized spacial score (nSPS) is 12.3. The number of hydrogen-bond donors (Lipinski definition) is 0. The van der Waals surface area contributed by atoms with Gasteiger partial charge in [-0.3, -0.25) is 0 Å². The minimum absolute atomic E-state index is 0.206. The van der Waals surface area contributed by atoms with Crippen LogP contribution >= 0.6 is 38.5 Å². The van der Waals surface area contributed by atoms with Gasteiger partial charge in [-0.25, -0.2) is 0 Å². The Balaban J connectivity index is 2.49. The van der Waals surface area contributed by atoms with Crippen molar-refractivity contribution in [3.05, 3.63) is 61.7 Å². The van der Waals surface area contributed by atoms with E-state index in [1.165, 1.54) is 31.4 Å². The van der Waals surface area contributed by atoms with Crippen molar-refractivity contribution < 1.29 is 4.74 Å². The summed E-state index contributed by atoms with van der Waals surface area (Å²) in [6.45, 7) is 6.34.